The molecule has 0 aliphatic rings. The molecule has 1 N–H and O–H groups in total. The summed E-state index contributed by atoms with van der Waals surface area (Å²) < 4.78 is 26.1. The van der Waals surface area contributed by atoms with Gasteiger partial charge in [0.1, 0.15) is 0 Å². The Bertz CT molecular complexity index is 517. The third-order valence-electron chi connectivity index (χ3n) is 3.52. The molecule has 0 heterocycles. The number of hydrogen-bond acceptors (Lipinski definition) is 3. The van der Waals surface area contributed by atoms with Crippen molar-refractivity contribution >= 4 is 21.6 Å². The van der Waals surface area contributed by atoms with Crippen molar-refractivity contribution in [1.29, 1.82) is 0 Å². The van der Waals surface area contributed by atoms with Gasteiger partial charge in [0.2, 0.25) is 10.0 Å². The first-order valence-electron chi connectivity index (χ1n) is 7.30. The lowest BCUT2D eigenvalue weighted by Gasteiger charge is -2.24. The maximum Gasteiger partial charge on any atom is 0.214 e. The molecule has 0 aliphatic heterocycles. The highest BCUT2D eigenvalue weighted by molar-refractivity contribution is 7.89. The smallest absolute Gasteiger partial charge is 0.214 e. The number of benzene rings is 1. The van der Waals surface area contributed by atoms with Gasteiger partial charge in [0.05, 0.1) is 5.75 Å². The molecule has 6 heteroatoms. The molecule has 0 aromatic heterocycles. The summed E-state index contributed by atoms with van der Waals surface area (Å²) in [4.78, 5) is 0. The van der Waals surface area contributed by atoms with Gasteiger partial charge in [0, 0.05) is 18.1 Å². The van der Waals surface area contributed by atoms with E-state index in [1.54, 1.807) is 19.2 Å². The largest absolute Gasteiger partial charge is 0.317 e. The van der Waals surface area contributed by atoms with E-state index >= 15 is 0 Å². The van der Waals surface area contributed by atoms with Crippen molar-refractivity contribution in [2.75, 3.05) is 25.9 Å². The highest BCUT2D eigenvalue weighted by Crippen LogP contribution is 2.23. The highest BCUT2D eigenvalue weighted by atomic mass is 35.5. The van der Waals surface area contributed by atoms with Crippen molar-refractivity contribution in [2.45, 2.75) is 32.7 Å². The monoisotopic (exact) mass is 332 g/mol. The zero-order chi connectivity index (χ0) is 15.9. The van der Waals surface area contributed by atoms with Crippen LogP contribution in [0.1, 0.15) is 38.3 Å². The molecule has 0 saturated carbocycles. The first-order chi connectivity index (χ1) is 9.88. The summed E-state index contributed by atoms with van der Waals surface area (Å²) >= 11 is 5.86. The summed E-state index contributed by atoms with van der Waals surface area (Å²) in [5.74, 6) is 0.165. The van der Waals surface area contributed by atoms with E-state index < -0.39 is 10.0 Å². The van der Waals surface area contributed by atoms with E-state index in [4.69, 9.17) is 11.6 Å². The Kier molecular flexibility index (Phi) is 7.66. The van der Waals surface area contributed by atoms with Crippen LogP contribution in [0.15, 0.2) is 24.3 Å². The SMILES string of the molecule is CCCNCCCS(=O)(=O)N(C)C(C)c1ccc(Cl)cc1. The van der Waals surface area contributed by atoms with Crippen LogP contribution in [0.25, 0.3) is 0 Å². The zero-order valence-corrected chi connectivity index (χ0v) is 14.5. The maximum absolute atomic E-state index is 12.3. The van der Waals surface area contributed by atoms with Crippen LogP contribution in [0.4, 0.5) is 0 Å². The maximum atomic E-state index is 12.3. The minimum Gasteiger partial charge on any atom is -0.317 e. The van der Waals surface area contributed by atoms with Crippen LogP contribution in [0.5, 0.6) is 0 Å². The van der Waals surface area contributed by atoms with Crippen LogP contribution in [0.3, 0.4) is 0 Å². The molecule has 0 amide bonds. The van der Waals surface area contributed by atoms with Crippen LogP contribution in [-0.4, -0.2) is 38.6 Å². The van der Waals surface area contributed by atoms with E-state index in [2.05, 4.69) is 12.2 Å². The minimum absolute atomic E-state index is 0.165. The van der Waals surface area contributed by atoms with Gasteiger partial charge in [-0.2, -0.15) is 4.31 Å². The number of halogens is 1. The second-order valence-corrected chi connectivity index (χ2v) is 7.75. The molecule has 0 spiro atoms. The lowest BCUT2D eigenvalue weighted by molar-refractivity contribution is 0.397. The van der Waals surface area contributed by atoms with Gasteiger partial charge in [0.15, 0.2) is 0 Å². The fourth-order valence-corrected chi connectivity index (χ4v) is 3.54. The molecule has 120 valence electrons. The van der Waals surface area contributed by atoms with E-state index in [-0.39, 0.29) is 11.8 Å². The van der Waals surface area contributed by atoms with E-state index in [1.807, 2.05) is 19.1 Å². The van der Waals surface area contributed by atoms with Crippen molar-refractivity contribution < 1.29 is 8.42 Å². The summed E-state index contributed by atoms with van der Waals surface area (Å²) in [6.45, 7) is 5.63. The van der Waals surface area contributed by atoms with Gasteiger partial charge in [-0.3, -0.25) is 0 Å². The Balaban J connectivity index is 2.58. The average molecular weight is 333 g/mol. The molecule has 0 fully saturated rings. The Hall–Kier alpha value is -0.620. The van der Waals surface area contributed by atoms with Gasteiger partial charge in [-0.1, -0.05) is 30.7 Å². The van der Waals surface area contributed by atoms with Crippen molar-refractivity contribution in [3.8, 4) is 0 Å². The summed E-state index contributed by atoms with van der Waals surface area (Å²) in [6.07, 6.45) is 1.68. The standard InChI is InChI=1S/C15H25ClN2O2S/c1-4-10-17-11-5-12-21(19,20)18(3)13(2)14-6-8-15(16)9-7-14/h6-9,13,17H,4-5,10-12H2,1-3H3. The molecule has 1 rings (SSSR count). The van der Waals surface area contributed by atoms with Gasteiger partial charge in [-0.05, 0) is 50.6 Å². The quantitative estimate of drug-likeness (QED) is 0.707. The third-order valence-corrected chi connectivity index (χ3v) is 5.77. The second-order valence-electron chi connectivity index (χ2n) is 5.16. The number of sulfonamides is 1. The Morgan fingerprint density at radius 3 is 2.43 bits per heavy atom. The first kappa shape index (κ1) is 18.4. The topological polar surface area (TPSA) is 49.4 Å². The summed E-state index contributed by atoms with van der Waals surface area (Å²) in [7, 11) is -1.61. The molecule has 0 bridgehead atoms. The number of hydrogen-bond donors (Lipinski definition) is 1. The molecule has 21 heavy (non-hydrogen) atoms. The predicted molar refractivity (Wildman–Crippen MR) is 89.2 cm³/mol. The summed E-state index contributed by atoms with van der Waals surface area (Å²) in [5.41, 5.74) is 0.939. The Labute approximate surface area is 133 Å². The van der Waals surface area contributed by atoms with E-state index in [1.165, 1.54) is 4.31 Å². The molecule has 0 aliphatic carbocycles. The lowest BCUT2D eigenvalue weighted by Crippen LogP contribution is -2.32. The third kappa shape index (κ3) is 5.94. The van der Waals surface area contributed by atoms with Gasteiger partial charge in [-0.25, -0.2) is 8.42 Å². The highest BCUT2D eigenvalue weighted by Gasteiger charge is 2.23. The van der Waals surface area contributed by atoms with E-state index in [0.29, 0.717) is 11.4 Å². The van der Waals surface area contributed by atoms with Gasteiger partial charge < -0.3 is 5.32 Å². The lowest BCUT2D eigenvalue weighted by atomic mass is 10.1. The van der Waals surface area contributed by atoms with Crippen LogP contribution < -0.4 is 5.32 Å². The van der Waals surface area contributed by atoms with Crippen LogP contribution >= 0.6 is 11.6 Å². The molecule has 1 aromatic rings. The molecule has 4 nitrogen and oxygen atoms in total. The molecular weight excluding hydrogens is 308 g/mol. The molecule has 1 atom stereocenters. The Morgan fingerprint density at radius 1 is 1.24 bits per heavy atom. The minimum atomic E-state index is -3.24. The van der Waals surface area contributed by atoms with Gasteiger partial charge in [0.25, 0.3) is 0 Å². The predicted octanol–water partition coefficient (Wildman–Crippen LogP) is 3.05. The summed E-state index contributed by atoms with van der Waals surface area (Å²) in [5, 5.41) is 3.87. The second kappa shape index (κ2) is 8.73. The molecule has 1 unspecified atom stereocenters. The van der Waals surface area contributed by atoms with E-state index in [0.717, 1.165) is 25.1 Å². The van der Waals surface area contributed by atoms with Gasteiger partial charge in [-0.15, -0.1) is 0 Å². The molecular formula is C15H25ClN2O2S. The van der Waals surface area contributed by atoms with Crippen molar-refractivity contribution in [3.63, 3.8) is 0 Å². The number of nitrogens with one attached hydrogen (secondary N) is 1. The van der Waals surface area contributed by atoms with Crippen LogP contribution in [0.2, 0.25) is 5.02 Å². The van der Waals surface area contributed by atoms with Crippen molar-refractivity contribution in [1.82, 2.24) is 9.62 Å². The number of rotatable bonds is 9. The fraction of sp³-hybridized carbons (Fsp3) is 0.600. The van der Waals surface area contributed by atoms with Crippen molar-refractivity contribution in [2.24, 2.45) is 0 Å². The van der Waals surface area contributed by atoms with Gasteiger partial charge >= 0.3 is 0 Å². The Morgan fingerprint density at radius 2 is 1.86 bits per heavy atom. The average Bonchev–Trinajstić information content (AvgIpc) is 2.46. The molecule has 0 saturated heterocycles. The molecule has 1 aromatic carbocycles. The number of nitrogens with zero attached hydrogens (tertiary/aromatic N) is 1. The zero-order valence-electron chi connectivity index (χ0n) is 13.0. The first-order valence-corrected chi connectivity index (χ1v) is 9.29. The van der Waals surface area contributed by atoms with E-state index in [9.17, 15) is 8.42 Å². The van der Waals surface area contributed by atoms with Crippen molar-refractivity contribution in [3.05, 3.63) is 34.9 Å². The van der Waals surface area contributed by atoms with Crippen LogP contribution in [-0.2, 0) is 10.0 Å². The summed E-state index contributed by atoms with van der Waals surface area (Å²) in [6, 6.07) is 7.09. The van der Waals surface area contributed by atoms with Crippen LogP contribution in [0, 0.1) is 0 Å². The normalized spacial score (nSPS) is 13.6. The molecule has 0 radical (unpaired) electrons. The fourth-order valence-electron chi connectivity index (χ4n) is 2.02.